The van der Waals surface area contributed by atoms with Gasteiger partial charge in [-0.2, -0.15) is 0 Å². The number of nitrogens with zero attached hydrogens (tertiary/aromatic N) is 1. The molecule has 3 atom stereocenters. The van der Waals surface area contributed by atoms with E-state index in [0.29, 0.717) is 39.3 Å². The molecule has 0 aromatic heterocycles. The predicted molar refractivity (Wildman–Crippen MR) is 163 cm³/mol. The first-order valence-electron chi connectivity index (χ1n) is 13.0. The Balaban J connectivity index is 1.19. The summed E-state index contributed by atoms with van der Waals surface area (Å²) in [6.07, 6.45) is 7.56. The molecule has 0 radical (unpaired) electrons. The monoisotopic (exact) mass is 572 g/mol. The molecule has 0 unspecified atom stereocenters. The van der Waals surface area contributed by atoms with Crippen molar-refractivity contribution in [1.29, 1.82) is 0 Å². The molecule has 196 valence electrons. The van der Waals surface area contributed by atoms with Crippen molar-refractivity contribution >= 4 is 52.4 Å². The van der Waals surface area contributed by atoms with Crippen molar-refractivity contribution in [2.75, 3.05) is 5.32 Å². The van der Waals surface area contributed by atoms with Crippen LogP contribution in [-0.2, 0) is 6.61 Å². The zero-order valence-corrected chi connectivity index (χ0v) is 23.6. The average molecular weight is 574 g/mol. The Labute approximate surface area is 244 Å². The van der Waals surface area contributed by atoms with Gasteiger partial charge in [-0.05, 0) is 78.9 Å². The number of allylic oxidation sites excluding steroid dienone is 2. The van der Waals surface area contributed by atoms with E-state index in [1.165, 1.54) is 22.4 Å². The molecule has 1 aliphatic heterocycles. The number of aryl methyl sites for hydroxylation is 1. The van der Waals surface area contributed by atoms with E-state index < -0.39 is 0 Å². The van der Waals surface area contributed by atoms with Crippen molar-refractivity contribution in [1.82, 2.24) is 0 Å². The molecule has 0 bridgehead atoms. The normalized spacial score (nSPS) is 19.5. The Morgan fingerprint density at radius 3 is 2.54 bits per heavy atom. The van der Waals surface area contributed by atoms with E-state index in [4.69, 9.17) is 44.5 Å². The smallest absolute Gasteiger partial charge is 0.128 e. The minimum absolute atomic E-state index is 0.255. The Bertz CT molecular complexity index is 1580. The Hall–Kier alpha value is -3.24. The van der Waals surface area contributed by atoms with Crippen molar-refractivity contribution in [3.8, 4) is 5.75 Å². The number of halogens is 3. The third kappa shape index (κ3) is 5.58. The topological polar surface area (TPSA) is 33.6 Å². The molecule has 0 saturated carbocycles. The number of nitrogens with one attached hydrogen (secondary N) is 1. The van der Waals surface area contributed by atoms with Gasteiger partial charge in [0.25, 0.3) is 0 Å². The second kappa shape index (κ2) is 11.1. The van der Waals surface area contributed by atoms with Gasteiger partial charge >= 0.3 is 0 Å². The van der Waals surface area contributed by atoms with Gasteiger partial charge in [-0.3, -0.25) is 4.99 Å². The zero-order valence-electron chi connectivity index (χ0n) is 21.4. The average Bonchev–Trinajstić information content (AvgIpc) is 3.43. The van der Waals surface area contributed by atoms with E-state index >= 15 is 0 Å². The van der Waals surface area contributed by atoms with E-state index in [-0.39, 0.29) is 6.04 Å². The first kappa shape index (κ1) is 26.0. The van der Waals surface area contributed by atoms with E-state index in [0.717, 1.165) is 23.2 Å². The van der Waals surface area contributed by atoms with E-state index in [2.05, 4.69) is 66.9 Å². The zero-order chi connectivity index (χ0) is 26.9. The summed E-state index contributed by atoms with van der Waals surface area (Å²) < 4.78 is 6.07. The van der Waals surface area contributed by atoms with Crippen LogP contribution in [0.1, 0.15) is 46.2 Å². The maximum absolute atomic E-state index is 6.31. The van der Waals surface area contributed by atoms with Gasteiger partial charge in [-0.15, -0.1) is 0 Å². The van der Waals surface area contributed by atoms with Crippen LogP contribution in [0.2, 0.25) is 15.1 Å². The molecule has 1 heterocycles. The highest BCUT2D eigenvalue weighted by atomic mass is 35.5. The van der Waals surface area contributed by atoms with Gasteiger partial charge in [0.15, 0.2) is 0 Å². The molecule has 1 aliphatic carbocycles. The van der Waals surface area contributed by atoms with Crippen molar-refractivity contribution < 1.29 is 4.74 Å². The second-order valence-electron chi connectivity index (χ2n) is 10.1. The van der Waals surface area contributed by atoms with E-state index in [9.17, 15) is 0 Å². The van der Waals surface area contributed by atoms with E-state index in [1.807, 2.05) is 18.2 Å². The van der Waals surface area contributed by atoms with Crippen LogP contribution in [0.4, 0.5) is 11.4 Å². The molecular formula is C33H27Cl3N2O. The van der Waals surface area contributed by atoms with Crippen LogP contribution >= 0.6 is 34.8 Å². The number of aliphatic imine (C=N–C) groups is 1. The lowest BCUT2D eigenvalue weighted by Crippen LogP contribution is -2.29. The van der Waals surface area contributed by atoms with Gasteiger partial charge in [0, 0.05) is 44.0 Å². The maximum Gasteiger partial charge on any atom is 0.128 e. The van der Waals surface area contributed by atoms with Crippen LogP contribution in [0.5, 0.6) is 5.75 Å². The van der Waals surface area contributed by atoms with Gasteiger partial charge in [-0.25, -0.2) is 0 Å². The highest BCUT2D eigenvalue weighted by Crippen LogP contribution is 2.50. The Morgan fingerprint density at radius 2 is 1.72 bits per heavy atom. The maximum atomic E-state index is 6.31. The predicted octanol–water partition coefficient (Wildman–Crippen LogP) is 10.1. The van der Waals surface area contributed by atoms with E-state index in [1.54, 1.807) is 24.4 Å². The summed E-state index contributed by atoms with van der Waals surface area (Å²) in [4.78, 5) is 4.72. The van der Waals surface area contributed by atoms with Crippen LogP contribution < -0.4 is 10.1 Å². The van der Waals surface area contributed by atoms with Crippen molar-refractivity contribution in [2.45, 2.75) is 31.9 Å². The fourth-order valence-electron chi connectivity index (χ4n) is 5.50. The van der Waals surface area contributed by atoms with Gasteiger partial charge in [0.1, 0.15) is 12.4 Å². The van der Waals surface area contributed by atoms with Gasteiger partial charge < -0.3 is 10.1 Å². The lowest BCUT2D eigenvalue weighted by atomic mass is 9.76. The summed E-state index contributed by atoms with van der Waals surface area (Å²) in [7, 11) is 0. The molecule has 3 nitrogen and oxygen atoms in total. The fraction of sp³-hybridized carbons (Fsp3) is 0.182. The highest BCUT2D eigenvalue weighted by molar-refractivity contribution is 6.35. The minimum Gasteiger partial charge on any atom is -0.488 e. The number of fused-ring (bicyclic) bond motifs is 3. The van der Waals surface area contributed by atoms with Crippen LogP contribution in [-0.4, -0.2) is 6.21 Å². The lowest BCUT2D eigenvalue weighted by Gasteiger charge is -2.37. The molecule has 2 aliphatic rings. The first-order chi connectivity index (χ1) is 18.9. The molecule has 4 aromatic carbocycles. The number of anilines is 1. The molecule has 0 saturated heterocycles. The molecule has 4 aromatic rings. The van der Waals surface area contributed by atoms with Crippen LogP contribution in [0.15, 0.2) is 96.0 Å². The number of ether oxygens (including phenoxy) is 1. The van der Waals surface area contributed by atoms with Gasteiger partial charge in [0.2, 0.25) is 0 Å². The SMILES string of the molecule is Cc1ccc2c(c1)[C@@H]1C=CC[C@@H]1[C@@H](c1ccc(N=Cc3cc(Cl)ccc3OCc3ccc(Cl)cc3Cl)cc1)N2. The Morgan fingerprint density at radius 1 is 0.923 bits per heavy atom. The molecule has 0 spiro atoms. The molecule has 6 rings (SSSR count). The standard InChI is InChI=1S/C33H27Cl3N2O/c1-20-5-13-31-29(15-20)27-3-2-4-28(27)33(38-31)21-7-11-26(12-8-21)37-18-23-16-24(34)10-14-32(23)39-19-22-6-9-25(35)17-30(22)36/h2-3,5-18,27-28,33,38H,4,19H2,1H3/t27-,28+,33-/m1/s1. The fourth-order valence-corrected chi connectivity index (χ4v) is 6.15. The molecular weight excluding hydrogens is 547 g/mol. The third-order valence-electron chi connectivity index (χ3n) is 7.49. The molecule has 0 amide bonds. The lowest BCUT2D eigenvalue weighted by molar-refractivity contribution is 0.306. The van der Waals surface area contributed by atoms with Crippen molar-refractivity contribution in [3.05, 3.63) is 134 Å². The summed E-state index contributed by atoms with van der Waals surface area (Å²) in [6.45, 7) is 2.47. The summed E-state index contributed by atoms with van der Waals surface area (Å²) in [5.74, 6) is 1.63. The largest absolute Gasteiger partial charge is 0.488 e. The quantitative estimate of drug-likeness (QED) is 0.184. The summed E-state index contributed by atoms with van der Waals surface area (Å²) in [5, 5.41) is 5.58. The van der Waals surface area contributed by atoms with Crippen LogP contribution in [0, 0.1) is 12.8 Å². The summed E-state index contributed by atoms with van der Waals surface area (Å²) in [5.41, 5.74) is 7.71. The van der Waals surface area contributed by atoms with Crippen LogP contribution in [0.3, 0.4) is 0 Å². The molecule has 0 fully saturated rings. The number of hydrogen-bond donors (Lipinski definition) is 1. The Kier molecular flexibility index (Phi) is 7.40. The number of benzene rings is 4. The van der Waals surface area contributed by atoms with Crippen LogP contribution in [0.25, 0.3) is 0 Å². The van der Waals surface area contributed by atoms with Gasteiger partial charge in [0.05, 0.1) is 11.7 Å². The van der Waals surface area contributed by atoms with Crippen molar-refractivity contribution in [3.63, 3.8) is 0 Å². The number of hydrogen-bond acceptors (Lipinski definition) is 3. The number of rotatable bonds is 6. The first-order valence-corrected chi connectivity index (χ1v) is 14.1. The minimum atomic E-state index is 0.255. The summed E-state index contributed by atoms with van der Waals surface area (Å²) >= 11 is 18.6. The highest BCUT2D eigenvalue weighted by Gasteiger charge is 2.37. The van der Waals surface area contributed by atoms with Crippen molar-refractivity contribution in [2.24, 2.45) is 10.9 Å². The molecule has 6 heteroatoms. The molecule has 39 heavy (non-hydrogen) atoms. The summed E-state index contributed by atoms with van der Waals surface area (Å²) in [6, 6.07) is 26.3. The van der Waals surface area contributed by atoms with Gasteiger partial charge in [-0.1, -0.05) is 82.9 Å². The third-order valence-corrected chi connectivity index (χ3v) is 8.32. The second-order valence-corrected chi connectivity index (χ2v) is 11.4. The molecule has 1 N–H and O–H groups in total.